The van der Waals surface area contributed by atoms with E-state index in [1.807, 2.05) is 6.92 Å². The molecule has 1 heterocycles. The van der Waals surface area contributed by atoms with Crippen LogP contribution in [0.4, 0.5) is 0 Å². The number of nitriles is 1. The van der Waals surface area contributed by atoms with Gasteiger partial charge in [-0.3, -0.25) is 9.78 Å². The topological polar surface area (TPSA) is 53.8 Å². The molecule has 0 bridgehead atoms. The number of carbonyl (C=O) groups excluding carboxylic acids is 1. The summed E-state index contributed by atoms with van der Waals surface area (Å²) in [5, 5.41) is 9.06. The number of hydrogen-bond acceptors (Lipinski definition) is 3. The fourth-order valence-electron chi connectivity index (χ4n) is 1.60. The molecule has 0 aliphatic heterocycles. The number of aldehydes is 1. The number of benzene rings is 1. The van der Waals surface area contributed by atoms with Gasteiger partial charge in [-0.15, -0.1) is 0 Å². The summed E-state index contributed by atoms with van der Waals surface area (Å²) < 4.78 is 0. The summed E-state index contributed by atoms with van der Waals surface area (Å²) in [4.78, 5) is 14.8. The molecule has 0 unspecified atom stereocenters. The molecule has 82 valence electrons. The molecule has 0 saturated heterocycles. The SMILES string of the molecule is Cc1cnc(-c2ccc(C=O)cc2)c(C#N)c1. The average Bonchev–Trinajstić information content (AvgIpc) is 2.39. The summed E-state index contributed by atoms with van der Waals surface area (Å²) in [5.41, 5.74) is 3.60. The Morgan fingerprint density at radius 3 is 2.59 bits per heavy atom. The van der Waals surface area contributed by atoms with Crippen molar-refractivity contribution in [3.05, 3.63) is 53.2 Å². The fourth-order valence-corrected chi connectivity index (χ4v) is 1.60. The van der Waals surface area contributed by atoms with E-state index in [4.69, 9.17) is 5.26 Å². The molecule has 1 aromatic heterocycles. The predicted octanol–water partition coefficient (Wildman–Crippen LogP) is 2.74. The zero-order chi connectivity index (χ0) is 12.3. The normalized spacial score (nSPS) is 9.65. The van der Waals surface area contributed by atoms with Crippen LogP contribution in [0.15, 0.2) is 36.5 Å². The van der Waals surface area contributed by atoms with Crippen molar-refractivity contribution >= 4 is 6.29 Å². The van der Waals surface area contributed by atoms with Crippen molar-refractivity contribution in [2.24, 2.45) is 0 Å². The van der Waals surface area contributed by atoms with Gasteiger partial charge in [0.15, 0.2) is 0 Å². The van der Waals surface area contributed by atoms with E-state index in [2.05, 4.69) is 11.1 Å². The van der Waals surface area contributed by atoms with E-state index in [1.54, 1.807) is 36.5 Å². The van der Waals surface area contributed by atoms with Crippen LogP contribution in [0.2, 0.25) is 0 Å². The lowest BCUT2D eigenvalue weighted by atomic mass is 10.0. The molecule has 0 radical (unpaired) electrons. The van der Waals surface area contributed by atoms with Gasteiger partial charge in [-0.1, -0.05) is 24.3 Å². The van der Waals surface area contributed by atoms with E-state index in [0.29, 0.717) is 16.8 Å². The second-order valence-corrected chi connectivity index (χ2v) is 3.76. The van der Waals surface area contributed by atoms with Crippen LogP contribution < -0.4 is 0 Å². The van der Waals surface area contributed by atoms with Crippen LogP contribution in [-0.2, 0) is 0 Å². The number of pyridine rings is 1. The number of aromatic nitrogens is 1. The van der Waals surface area contributed by atoms with E-state index < -0.39 is 0 Å². The number of nitrogens with zero attached hydrogens (tertiary/aromatic N) is 2. The first-order chi connectivity index (χ1) is 8.24. The zero-order valence-electron chi connectivity index (χ0n) is 9.34. The molecule has 3 nitrogen and oxygen atoms in total. The molecule has 0 atom stereocenters. The first kappa shape index (κ1) is 11.0. The molecular formula is C14H10N2O. The molecule has 3 heteroatoms. The van der Waals surface area contributed by atoms with Crippen molar-refractivity contribution in [2.75, 3.05) is 0 Å². The third-order valence-corrected chi connectivity index (χ3v) is 2.47. The van der Waals surface area contributed by atoms with Gasteiger partial charge in [0.1, 0.15) is 12.4 Å². The number of carbonyl (C=O) groups is 1. The summed E-state index contributed by atoms with van der Waals surface area (Å²) in [6.45, 7) is 1.90. The highest BCUT2D eigenvalue weighted by molar-refractivity contribution is 5.77. The summed E-state index contributed by atoms with van der Waals surface area (Å²) in [5.74, 6) is 0. The standard InChI is InChI=1S/C14H10N2O/c1-10-6-13(7-15)14(16-8-10)12-4-2-11(9-17)3-5-12/h2-6,8-9H,1H3. The maximum atomic E-state index is 10.6. The summed E-state index contributed by atoms with van der Waals surface area (Å²) in [6.07, 6.45) is 2.52. The van der Waals surface area contributed by atoms with Crippen molar-refractivity contribution in [3.63, 3.8) is 0 Å². The van der Waals surface area contributed by atoms with Gasteiger partial charge in [0, 0.05) is 17.3 Å². The smallest absolute Gasteiger partial charge is 0.150 e. The highest BCUT2D eigenvalue weighted by atomic mass is 16.1. The van der Waals surface area contributed by atoms with E-state index in [1.165, 1.54) is 0 Å². The minimum absolute atomic E-state index is 0.545. The number of aryl methyl sites for hydroxylation is 1. The third kappa shape index (κ3) is 2.21. The van der Waals surface area contributed by atoms with E-state index in [0.717, 1.165) is 17.4 Å². The Morgan fingerprint density at radius 2 is 2.00 bits per heavy atom. The molecule has 0 spiro atoms. The second-order valence-electron chi connectivity index (χ2n) is 3.76. The van der Waals surface area contributed by atoms with E-state index in [-0.39, 0.29) is 0 Å². The Bertz CT molecular complexity index is 595. The Labute approximate surface area is 99.4 Å². The van der Waals surface area contributed by atoms with Crippen LogP contribution in [0.5, 0.6) is 0 Å². The molecule has 0 fully saturated rings. The summed E-state index contributed by atoms with van der Waals surface area (Å²) in [7, 11) is 0. The van der Waals surface area contributed by atoms with Crippen molar-refractivity contribution in [3.8, 4) is 17.3 Å². The molecule has 0 amide bonds. The molecule has 0 aliphatic carbocycles. The van der Waals surface area contributed by atoms with Gasteiger partial charge in [-0.05, 0) is 18.6 Å². The predicted molar refractivity (Wildman–Crippen MR) is 64.5 cm³/mol. The fraction of sp³-hybridized carbons (Fsp3) is 0.0714. The van der Waals surface area contributed by atoms with Crippen LogP contribution in [0, 0.1) is 18.3 Å². The van der Waals surface area contributed by atoms with Gasteiger partial charge in [-0.2, -0.15) is 5.26 Å². The molecular weight excluding hydrogens is 212 g/mol. The van der Waals surface area contributed by atoms with Gasteiger partial charge in [0.25, 0.3) is 0 Å². The molecule has 0 saturated carbocycles. The van der Waals surface area contributed by atoms with Crippen molar-refractivity contribution in [2.45, 2.75) is 6.92 Å². The minimum Gasteiger partial charge on any atom is -0.298 e. The minimum atomic E-state index is 0.545. The van der Waals surface area contributed by atoms with Crippen LogP contribution in [0.1, 0.15) is 21.5 Å². The van der Waals surface area contributed by atoms with Crippen molar-refractivity contribution in [1.82, 2.24) is 4.98 Å². The number of hydrogen-bond donors (Lipinski definition) is 0. The van der Waals surface area contributed by atoms with Crippen LogP contribution in [0.3, 0.4) is 0 Å². The van der Waals surface area contributed by atoms with Gasteiger partial charge in [0.05, 0.1) is 11.3 Å². The highest BCUT2D eigenvalue weighted by Crippen LogP contribution is 2.21. The highest BCUT2D eigenvalue weighted by Gasteiger charge is 2.06. The van der Waals surface area contributed by atoms with E-state index in [9.17, 15) is 4.79 Å². The van der Waals surface area contributed by atoms with Gasteiger partial charge >= 0.3 is 0 Å². The number of rotatable bonds is 2. The van der Waals surface area contributed by atoms with Gasteiger partial charge in [-0.25, -0.2) is 0 Å². The maximum Gasteiger partial charge on any atom is 0.150 e. The zero-order valence-corrected chi connectivity index (χ0v) is 9.34. The first-order valence-electron chi connectivity index (χ1n) is 5.17. The Hall–Kier alpha value is -2.47. The monoisotopic (exact) mass is 222 g/mol. The van der Waals surface area contributed by atoms with Crippen molar-refractivity contribution < 1.29 is 4.79 Å². The molecule has 17 heavy (non-hydrogen) atoms. The van der Waals surface area contributed by atoms with E-state index >= 15 is 0 Å². The molecule has 2 rings (SSSR count). The van der Waals surface area contributed by atoms with Gasteiger partial charge < -0.3 is 0 Å². The maximum absolute atomic E-state index is 10.6. The molecule has 0 aliphatic rings. The quantitative estimate of drug-likeness (QED) is 0.734. The lowest BCUT2D eigenvalue weighted by molar-refractivity contribution is 0.112. The van der Waals surface area contributed by atoms with Crippen molar-refractivity contribution in [1.29, 1.82) is 5.26 Å². The average molecular weight is 222 g/mol. The largest absolute Gasteiger partial charge is 0.298 e. The van der Waals surface area contributed by atoms with Crippen LogP contribution >= 0.6 is 0 Å². The molecule has 0 N–H and O–H groups in total. The summed E-state index contributed by atoms with van der Waals surface area (Å²) in [6, 6.07) is 10.9. The van der Waals surface area contributed by atoms with Crippen LogP contribution in [-0.4, -0.2) is 11.3 Å². The third-order valence-electron chi connectivity index (χ3n) is 2.47. The molecule has 2 aromatic rings. The first-order valence-corrected chi connectivity index (χ1v) is 5.17. The summed E-state index contributed by atoms with van der Waals surface area (Å²) >= 11 is 0. The molecule has 1 aromatic carbocycles. The Balaban J connectivity index is 2.52. The lowest BCUT2D eigenvalue weighted by Gasteiger charge is -2.04. The Kier molecular flexibility index (Phi) is 2.97. The van der Waals surface area contributed by atoms with Crippen LogP contribution in [0.25, 0.3) is 11.3 Å². The lowest BCUT2D eigenvalue weighted by Crippen LogP contribution is -1.91. The Morgan fingerprint density at radius 1 is 1.29 bits per heavy atom. The second kappa shape index (κ2) is 4.58. The van der Waals surface area contributed by atoms with Gasteiger partial charge in [0.2, 0.25) is 0 Å².